The number of carboxylic acids is 1. The molecule has 0 bridgehead atoms. The van der Waals surface area contributed by atoms with E-state index in [2.05, 4.69) is 5.32 Å². The Labute approximate surface area is 246 Å². The lowest BCUT2D eigenvalue weighted by Crippen LogP contribution is -2.59. The number of hydrogen-bond donors (Lipinski definition) is 3. The molecule has 2 saturated heterocycles. The molecule has 1 aromatic rings. The van der Waals surface area contributed by atoms with E-state index < -0.39 is 53.4 Å². The van der Waals surface area contributed by atoms with Crippen molar-refractivity contribution < 1.29 is 43.3 Å². The summed E-state index contributed by atoms with van der Waals surface area (Å²) in [5.41, 5.74) is 4.78. The van der Waals surface area contributed by atoms with Crippen LogP contribution in [0.15, 0.2) is 30.3 Å². The van der Waals surface area contributed by atoms with Crippen molar-refractivity contribution in [1.29, 1.82) is 0 Å². The van der Waals surface area contributed by atoms with Crippen LogP contribution in [-0.2, 0) is 30.4 Å². The van der Waals surface area contributed by atoms with E-state index in [1.165, 1.54) is 9.80 Å². The van der Waals surface area contributed by atoms with Crippen molar-refractivity contribution in [3.05, 3.63) is 35.9 Å². The average molecular weight is 594 g/mol. The van der Waals surface area contributed by atoms with Gasteiger partial charge in [0.15, 0.2) is 6.04 Å². The van der Waals surface area contributed by atoms with E-state index in [1.54, 1.807) is 41.5 Å². The van der Waals surface area contributed by atoms with E-state index in [9.17, 15) is 29.1 Å². The number of hydrogen-bond acceptors (Lipinski definition) is 9. The minimum absolute atomic E-state index is 0.0539. The normalized spacial score (nSPS) is 19.1. The van der Waals surface area contributed by atoms with Gasteiger partial charge in [0, 0.05) is 32.7 Å². The smallest absolute Gasteiger partial charge is 0.410 e. The minimum atomic E-state index is -1.20. The third-order valence-corrected chi connectivity index (χ3v) is 5.93. The highest BCUT2D eigenvalue weighted by molar-refractivity contribution is 5.82. The largest absolute Gasteiger partial charge is 0.480 e. The summed E-state index contributed by atoms with van der Waals surface area (Å²) in [7, 11) is 0. The van der Waals surface area contributed by atoms with Gasteiger partial charge in [0.1, 0.15) is 23.9 Å². The number of carbonyl (C=O) groups excluding carboxylic acids is 4. The van der Waals surface area contributed by atoms with Gasteiger partial charge >= 0.3 is 24.2 Å². The number of nitrogens with one attached hydrogen (secondary N) is 1. The lowest BCUT2D eigenvalue weighted by Gasteiger charge is -2.38. The van der Waals surface area contributed by atoms with Gasteiger partial charge in [-0.1, -0.05) is 30.3 Å². The van der Waals surface area contributed by atoms with Crippen LogP contribution in [0.25, 0.3) is 0 Å². The minimum Gasteiger partial charge on any atom is -0.480 e. The second-order valence-electron chi connectivity index (χ2n) is 11.8. The van der Waals surface area contributed by atoms with Crippen molar-refractivity contribution in [3.63, 3.8) is 0 Å². The predicted molar refractivity (Wildman–Crippen MR) is 151 cm³/mol. The van der Waals surface area contributed by atoms with Crippen molar-refractivity contribution >= 4 is 30.2 Å². The summed E-state index contributed by atoms with van der Waals surface area (Å²) >= 11 is 0. The molecule has 0 saturated carbocycles. The summed E-state index contributed by atoms with van der Waals surface area (Å²) in [4.78, 5) is 62.6. The van der Waals surface area contributed by atoms with Crippen LogP contribution >= 0.6 is 0 Å². The number of amides is 4. The van der Waals surface area contributed by atoms with Gasteiger partial charge in [-0.05, 0) is 47.1 Å². The van der Waals surface area contributed by atoms with Crippen LogP contribution in [0, 0.1) is 0 Å². The summed E-state index contributed by atoms with van der Waals surface area (Å²) in [6.45, 7) is 12.1. The van der Waals surface area contributed by atoms with Gasteiger partial charge in [-0.3, -0.25) is 9.69 Å². The van der Waals surface area contributed by atoms with E-state index in [1.807, 2.05) is 30.3 Å². The van der Waals surface area contributed by atoms with Gasteiger partial charge in [0.25, 0.3) is 0 Å². The molecule has 14 heteroatoms. The second-order valence-corrected chi connectivity index (χ2v) is 11.8. The zero-order valence-electron chi connectivity index (χ0n) is 25.1. The van der Waals surface area contributed by atoms with Crippen molar-refractivity contribution in [1.82, 2.24) is 20.0 Å². The molecular weight excluding hydrogens is 550 g/mol. The van der Waals surface area contributed by atoms with E-state index >= 15 is 0 Å². The van der Waals surface area contributed by atoms with Crippen LogP contribution < -0.4 is 11.1 Å². The molecule has 14 nitrogen and oxygen atoms in total. The van der Waals surface area contributed by atoms with Crippen LogP contribution in [-0.4, -0.2) is 113 Å². The summed E-state index contributed by atoms with van der Waals surface area (Å²) in [6.07, 6.45) is -1.72. The Morgan fingerprint density at radius 2 is 1.40 bits per heavy atom. The quantitative estimate of drug-likeness (QED) is 0.437. The molecule has 4 amide bonds. The maximum atomic E-state index is 12.3. The van der Waals surface area contributed by atoms with E-state index in [0.717, 1.165) is 10.5 Å². The maximum absolute atomic E-state index is 12.3. The summed E-state index contributed by atoms with van der Waals surface area (Å²) in [6, 6.07) is 7.44. The van der Waals surface area contributed by atoms with Crippen molar-refractivity contribution in [3.8, 4) is 0 Å². The first-order chi connectivity index (χ1) is 19.5. The monoisotopic (exact) mass is 593 g/mol. The molecule has 2 unspecified atom stereocenters. The third-order valence-electron chi connectivity index (χ3n) is 5.93. The number of benzene rings is 1. The zero-order chi connectivity index (χ0) is 31.7. The molecule has 1 aromatic carbocycles. The Hall–Kier alpha value is -4.07. The Morgan fingerprint density at radius 3 is 1.90 bits per heavy atom. The number of aliphatic carboxylic acids is 1. The molecule has 0 spiro atoms. The standard InChI is InChI=1S/C18H24N2O6.C10H19N3O3/c1-18(2,3)26-16(23)19-9-10-20(14(11-19)15(21)22)17(24)25-12-13-7-5-4-6-8-13;1-10(2,3)16-9(15)13-5-4-12-7(6-13)8(11)14/h4-8,14H,9-12H2,1-3H3,(H,21,22);7,12H,4-6H2,1-3H3,(H2,11,14). The van der Waals surface area contributed by atoms with Crippen molar-refractivity contribution in [2.75, 3.05) is 39.3 Å². The Morgan fingerprint density at radius 1 is 0.857 bits per heavy atom. The molecule has 2 atom stereocenters. The van der Waals surface area contributed by atoms with Gasteiger partial charge in [-0.2, -0.15) is 0 Å². The SMILES string of the molecule is CC(C)(C)OC(=O)N1CCN(C(=O)OCc2ccccc2)C(C(=O)O)C1.CC(C)(C)OC(=O)N1CCNC(C(N)=O)C1. The average Bonchev–Trinajstić information content (AvgIpc) is 2.90. The highest BCUT2D eigenvalue weighted by Gasteiger charge is 2.39. The van der Waals surface area contributed by atoms with Crippen LogP contribution in [0.1, 0.15) is 47.1 Å². The first kappa shape index (κ1) is 34.1. The summed E-state index contributed by atoms with van der Waals surface area (Å²) < 4.78 is 15.7. The van der Waals surface area contributed by atoms with E-state index in [0.29, 0.717) is 13.1 Å². The summed E-state index contributed by atoms with van der Waals surface area (Å²) in [5.74, 6) is -1.65. The Bertz CT molecular complexity index is 1100. The number of primary amides is 1. The molecule has 42 heavy (non-hydrogen) atoms. The molecular formula is C28H43N5O9. The fourth-order valence-corrected chi connectivity index (χ4v) is 3.94. The number of piperazine rings is 2. The molecule has 2 fully saturated rings. The molecule has 3 rings (SSSR count). The van der Waals surface area contributed by atoms with E-state index in [-0.39, 0.29) is 32.8 Å². The molecule has 234 valence electrons. The van der Waals surface area contributed by atoms with Gasteiger partial charge < -0.3 is 40.2 Å². The molecule has 2 heterocycles. The maximum Gasteiger partial charge on any atom is 0.410 e. The van der Waals surface area contributed by atoms with E-state index in [4.69, 9.17) is 19.9 Å². The molecule has 0 aromatic heterocycles. The van der Waals surface area contributed by atoms with Crippen LogP contribution in [0.2, 0.25) is 0 Å². The fourth-order valence-electron chi connectivity index (χ4n) is 3.94. The number of nitrogens with two attached hydrogens (primary N) is 1. The van der Waals surface area contributed by atoms with Gasteiger partial charge in [0.2, 0.25) is 5.91 Å². The van der Waals surface area contributed by atoms with Crippen molar-refractivity contribution in [2.24, 2.45) is 5.73 Å². The summed E-state index contributed by atoms with van der Waals surface area (Å²) in [5, 5.41) is 12.4. The Balaban J connectivity index is 0.000000330. The lowest BCUT2D eigenvalue weighted by atomic mass is 10.2. The molecule has 2 aliphatic rings. The number of carbonyl (C=O) groups is 5. The van der Waals surface area contributed by atoms with Gasteiger partial charge in [-0.15, -0.1) is 0 Å². The molecule has 0 aliphatic carbocycles. The molecule has 0 radical (unpaired) electrons. The number of carboxylic acid groups (broad SMARTS) is 1. The fraction of sp³-hybridized carbons (Fsp3) is 0.607. The molecule has 4 N–H and O–H groups in total. The number of ether oxygens (including phenoxy) is 3. The zero-order valence-corrected chi connectivity index (χ0v) is 25.1. The predicted octanol–water partition coefficient (Wildman–Crippen LogP) is 2.01. The third kappa shape index (κ3) is 11.4. The van der Waals surface area contributed by atoms with Gasteiger partial charge in [0.05, 0.1) is 6.54 Å². The topological polar surface area (TPSA) is 181 Å². The van der Waals surface area contributed by atoms with Crippen LogP contribution in [0.4, 0.5) is 14.4 Å². The van der Waals surface area contributed by atoms with Crippen molar-refractivity contribution in [2.45, 2.75) is 71.4 Å². The highest BCUT2D eigenvalue weighted by atomic mass is 16.6. The number of rotatable bonds is 4. The lowest BCUT2D eigenvalue weighted by molar-refractivity contribution is -0.144. The first-order valence-corrected chi connectivity index (χ1v) is 13.7. The Kier molecular flexibility index (Phi) is 12.0. The first-order valence-electron chi connectivity index (χ1n) is 13.7. The highest BCUT2D eigenvalue weighted by Crippen LogP contribution is 2.17. The molecule has 2 aliphatic heterocycles. The second kappa shape index (κ2) is 14.7. The number of nitrogens with zero attached hydrogens (tertiary/aromatic N) is 3. The van der Waals surface area contributed by atoms with Crippen LogP contribution in [0.3, 0.4) is 0 Å². The van der Waals surface area contributed by atoms with Crippen LogP contribution in [0.5, 0.6) is 0 Å². The van der Waals surface area contributed by atoms with Gasteiger partial charge in [-0.25, -0.2) is 19.2 Å².